The Bertz CT molecular complexity index is 364. The smallest absolute Gasteiger partial charge is 0.165 e. The molecule has 1 aromatic carbocycles. The molecule has 1 N–H and O–H groups in total. The summed E-state index contributed by atoms with van der Waals surface area (Å²) in [5.74, 6) is -0.733. The summed E-state index contributed by atoms with van der Waals surface area (Å²) in [7, 11) is 0. The van der Waals surface area contributed by atoms with Crippen LogP contribution in [-0.2, 0) is 11.2 Å². The Morgan fingerprint density at radius 1 is 1.29 bits per heavy atom. The van der Waals surface area contributed by atoms with Crippen LogP contribution in [0.2, 0.25) is 0 Å². The molecule has 2 rings (SSSR count). The van der Waals surface area contributed by atoms with Gasteiger partial charge in [-0.25, -0.2) is 4.39 Å². The monoisotopic (exact) mass is 239 g/mol. The summed E-state index contributed by atoms with van der Waals surface area (Å²) in [6.07, 6.45) is 1.64. The molecule has 17 heavy (non-hydrogen) atoms. The topological polar surface area (TPSA) is 32.7 Å². The maximum absolute atomic E-state index is 13.1. The summed E-state index contributed by atoms with van der Waals surface area (Å²) < 4.78 is 18.4. The maximum atomic E-state index is 13.1. The van der Waals surface area contributed by atoms with Gasteiger partial charge in [0, 0.05) is 13.1 Å². The van der Waals surface area contributed by atoms with E-state index < -0.39 is 5.82 Å². The van der Waals surface area contributed by atoms with Gasteiger partial charge in [-0.2, -0.15) is 0 Å². The number of hydrogen-bond donors (Lipinski definition) is 1. The number of phenols is 1. The van der Waals surface area contributed by atoms with Crippen LogP contribution < -0.4 is 0 Å². The van der Waals surface area contributed by atoms with Gasteiger partial charge in [-0.05, 0) is 31.0 Å². The number of rotatable bonds is 4. The molecule has 0 saturated carbocycles. The van der Waals surface area contributed by atoms with Crippen LogP contribution in [0.3, 0.4) is 0 Å². The van der Waals surface area contributed by atoms with Gasteiger partial charge in [0.15, 0.2) is 11.6 Å². The van der Waals surface area contributed by atoms with Crippen molar-refractivity contribution in [2.24, 2.45) is 0 Å². The van der Waals surface area contributed by atoms with E-state index in [4.69, 9.17) is 4.74 Å². The number of aryl methyl sites for hydroxylation is 1. The first-order valence-corrected chi connectivity index (χ1v) is 6.04. The standard InChI is InChI=1S/C13H18FNO2/c14-12-5-1-3-11(13(12)16)4-2-6-15-7-9-17-10-8-15/h1,3,5,16H,2,4,6-10H2. The molecule has 1 heterocycles. The van der Waals surface area contributed by atoms with Crippen LogP contribution in [0.1, 0.15) is 12.0 Å². The fourth-order valence-electron chi connectivity index (χ4n) is 2.08. The lowest BCUT2D eigenvalue weighted by molar-refractivity contribution is 0.0374. The highest BCUT2D eigenvalue weighted by Crippen LogP contribution is 2.21. The molecule has 94 valence electrons. The van der Waals surface area contributed by atoms with Gasteiger partial charge in [-0.3, -0.25) is 4.90 Å². The van der Waals surface area contributed by atoms with E-state index >= 15 is 0 Å². The fourth-order valence-corrected chi connectivity index (χ4v) is 2.08. The highest BCUT2D eigenvalue weighted by Gasteiger charge is 2.11. The van der Waals surface area contributed by atoms with Crippen LogP contribution in [0.5, 0.6) is 5.75 Å². The zero-order valence-electron chi connectivity index (χ0n) is 9.86. The van der Waals surface area contributed by atoms with E-state index in [0.29, 0.717) is 12.0 Å². The molecule has 0 aromatic heterocycles. The molecule has 0 radical (unpaired) electrons. The van der Waals surface area contributed by atoms with Crippen molar-refractivity contribution >= 4 is 0 Å². The minimum absolute atomic E-state index is 0.200. The van der Waals surface area contributed by atoms with Crippen molar-refractivity contribution in [2.75, 3.05) is 32.8 Å². The fraction of sp³-hybridized carbons (Fsp3) is 0.538. The van der Waals surface area contributed by atoms with Crippen molar-refractivity contribution in [2.45, 2.75) is 12.8 Å². The van der Waals surface area contributed by atoms with Crippen LogP contribution in [0, 0.1) is 5.82 Å². The quantitative estimate of drug-likeness (QED) is 0.869. The summed E-state index contributed by atoms with van der Waals surface area (Å²) in [6.45, 7) is 4.50. The largest absolute Gasteiger partial charge is 0.505 e. The SMILES string of the molecule is Oc1c(F)cccc1CCCN1CCOCC1. The molecule has 3 nitrogen and oxygen atoms in total. The molecule has 1 aliphatic heterocycles. The van der Waals surface area contributed by atoms with Crippen molar-refractivity contribution in [1.29, 1.82) is 0 Å². The van der Waals surface area contributed by atoms with Crippen LogP contribution in [0.15, 0.2) is 18.2 Å². The minimum Gasteiger partial charge on any atom is -0.505 e. The molecule has 0 spiro atoms. The number of halogens is 1. The number of nitrogens with zero attached hydrogens (tertiary/aromatic N) is 1. The third kappa shape index (κ3) is 3.41. The predicted molar refractivity (Wildman–Crippen MR) is 63.6 cm³/mol. The van der Waals surface area contributed by atoms with Crippen molar-refractivity contribution in [3.05, 3.63) is 29.6 Å². The Balaban J connectivity index is 1.79. The zero-order valence-corrected chi connectivity index (χ0v) is 9.86. The molecule has 1 aromatic rings. The summed E-state index contributed by atoms with van der Waals surface area (Å²) in [5, 5.41) is 9.53. The molecular weight excluding hydrogens is 221 g/mol. The second-order valence-electron chi connectivity index (χ2n) is 4.31. The van der Waals surface area contributed by atoms with E-state index in [2.05, 4.69) is 4.90 Å². The highest BCUT2D eigenvalue weighted by molar-refractivity contribution is 5.33. The molecular formula is C13H18FNO2. The lowest BCUT2D eigenvalue weighted by Gasteiger charge is -2.26. The first-order valence-electron chi connectivity index (χ1n) is 6.04. The third-order valence-electron chi connectivity index (χ3n) is 3.09. The molecule has 0 amide bonds. The Morgan fingerprint density at radius 2 is 2.06 bits per heavy atom. The van der Waals surface area contributed by atoms with E-state index in [1.54, 1.807) is 12.1 Å². The lowest BCUT2D eigenvalue weighted by Crippen LogP contribution is -2.36. The van der Waals surface area contributed by atoms with Crippen molar-refractivity contribution in [3.8, 4) is 5.75 Å². The number of ether oxygens (including phenoxy) is 1. The van der Waals surface area contributed by atoms with Gasteiger partial charge in [0.2, 0.25) is 0 Å². The number of morpholine rings is 1. The van der Waals surface area contributed by atoms with Crippen LogP contribution >= 0.6 is 0 Å². The van der Waals surface area contributed by atoms with E-state index in [0.717, 1.165) is 39.3 Å². The zero-order chi connectivity index (χ0) is 12.1. The molecule has 1 saturated heterocycles. The van der Waals surface area contributed by atoms with E-state index in [-0.39, 0.29) is 5.75 Å². The summed E-state index contributed by atoms with van der Waals surface area (Å²) >= 11 is 0. The van der Waals surface area contributed by atoms with Crippen LogP contribution in [-0.4, -0.2) is 42.9 Å². The first kappa shape index (κ1) is 12.3. The number of hydrogen-bond acceptors (Lipinski definition) is 3. The molecule has 0 atom stereocenters. The van der Waals surface area contributed by atoms with E-state index in [1.165, 1.54) is 6.07 Å². The Labute approximate surface area is 101 Å². The van der Waals surface area contributed by atoms with Gasteiger partial charge in [0.1, 0.15) is 0 Å². The normalized spacial score (nSPS) is 17.2. The predicted octanol–water partition coefficient (Wildman–Crippen LogP) is 1.80. The van der Waals surface area contributed by atoms with Gasteiger partial charge in [-0.1, -0.05) is 12.1 Å². The van der Waals surface area contributed by atoms with Gasteiger partial charge in [-0.15, -0.1) is 0 Å². The second-order valence-corrected chi connectivity index (χ2v) is 4.31. The Kier molecular flexibility index (Phi) is 4.34. The van der Waals surface area contributed by atoms with Gasteiger partial charge in [0.25, 0.3) is 0 Å². The van der Waals surface area contributed by atoms with E-state index in [1.807, 2.05) is 0 Å². The highest BCUT2D eigenvalue weighted by atomic mass is 19.1. The second kappa shape index (κ2) is 5.98. The first-order chi connectivity index (χ1) is 8.27. The maximum Gasteiger partial charge on any atom is 0.165 e. The average molecular weight is 239 g/mol. The van der Waals surface area contributed by atoms with Gasteiger partial charge < -0.3 is 9.84 Å². The van der Waals surface area contributed by atoms with E-state index in [9.17, 15) is 9.50 Å². The molecule has 1 fully saturated rings. The lowest BCUT2D eigenvalue weighted by atomic mass is 10.1. The molecule has 0 aliphatic carbocycles. The Morgan fingerprint density at radius 3 is 2.82 bits per heavy atom. The van der Waals surface area contributed by atoms with Gasteiger partial charge >= 0.3 is 0 Å². The number of benzene rings is 1. The number of para-hydroxylation sites is 1. The number of phenolic OH excluding ortho intramolecular Hbond substituents is 1. The molecule has 0 bridgehead atoms. The van der Waals surface area contributed by atoms with Crippen molar-refractivity contribution < 1.29 is 14.2 Å². The summed E-state index contributed by atoms with van der Waals surface area (Å²) in [4.78, 5) is 2.33. The average Bonchev–Trinajstić information content (AvgIpc) is 2.36. The minimum atomic E-state index is -0.533. The Hall–Kier alpha value is -1.13. The molecule has 1 aliphatic rings. The van der Waals surface area contributed by atoms with Crippen molar-refractivity contribution in [1.82, 2.24) is 4.90 Å². The van der Waals surface area contributed by atoms with Crippen LogP contribution in [0.25, 0.3) is 0 Å². The third-order valence-corrected chi connectivity index (χ3v) is 3.09. The summed E-state index contributed by atoms with van der Waals surface area (Å²) in [6, 6.07) is 4.69. The molecule has 4 heteroatoms. The summed E-state index contributed by atoms with van der Waals surface area (Å²) in [5.41, 5.74) is 0.693. The molecule has 0 unspecified atom stereocenters. The van der Waals surface area contributed by atoms with Gasteiger partial charge in [0.05, 0.1) is 13.2 Å². The van der Waals surface area contributed by atoms with Crippen molar-refractivity contribution in [3.63, 3.8) is 0 Å². The van der Waals surface area contributed by atoms with Crippen LogP contribution in [0.4, 0.5) is 4.39 Å². The number of aromatic hydroxyl groups is 1.